The molecule has 0 aliphatic rings. The maximum absolute atomic E-state index is 12.0. The van der Waals surface area contributed by atoms with Gasteiger partial charge in [0.25, 0.3) is 12.1 Å². The van der Waals surface area contributed by atoms with E-state index in [4.69, 9.17) is 10.9 Å². The monoisotopic (exact) mass is 262 g/mol. The van der Waals surface area contributed by atoms with Gasteiger partial charge in [-0.15, -0.1) is 0 Å². The second kappa shape index (κ2) is 5.70. The molecule has 1 aromatic heterocycles. The number of hydrogen-bond donors (Lipinski definition) is 2. The number of pyridine rings is 1. The van der Waals surface area contributed by atoms with Crippen LogP contribution >= 0.6 is 0 Å². The van der Waals surface area contributed by atoms with Gasteiger partial charge in [-0.3, -0.25) is 10.1 Å². The third kappa shape index (κ3) is 3.23. The van der Waals surface area contributed by atoms with E-state index in [1.807, 2.05) is 0 Å². The Bertz CT molecular complexity index is 480. The Morgan fingerprint density at radius 3 is 2.89 bits per heavy atom. The number of amidine groups is 1. The van der Waals surface area contributed by atoms with E-state index in [-0.39, 0.29) is 11.4 Å². The summed E-state index contributed by atoms with van der Waals surface area (Å²) in [7, 11) is 0. The summed E-state index contributed by atoms with van der Waals surface area (Å²) in [5.74, 6) is -0.910. The highest BCUT2D eigenvalue weighted by molar-refractivity contribution is 5.99. The van der Waals surface area contributed by atoms with Crippen molar-refractivity contribution in [2.45, 2.75) is 6.43 Å². The van der Waals surface area contributed by atoms with Crippen molar-refractivity contribution in [3.8, 4) is 5.88 Å². The quantitative estimate of drug-likeness (QED) is 0.265. The molecule has 0 fully saturated rings. The molecule has 98 valence electrons. The summed E-state index contributed by atoms with van der Waals surface area (Å²) in [5, 5.41) is 21.6. The number of rotatable bonds is 5. The fraction of sp³-hybridized carbons (Fsp3) is 0.250. The van der Waals surface area contributed by atoms with Crippen LogP contribution in [0.1, 0.15) is 5.56 Å². The van der Waals surface area contributed by atoms with Crippen LogP contribution in [-0.4, -0.2) is 34.0 Å². The first-order valence-electron chi connectivity index (χ1n) is 4.49. The normalized spacial score (nSPS) is 11.6. The molecular formula is C8H8F2N4O4. The van der Waals surface area contributed by atoms with Crippen molar-refractivity contribution in [3.63, 3.8) is 0 Å². The fourth-order valence-electron chi connectivity index (χ4n) is 1.04. The second-order valence-corrected chi connectivity index (χ2v) is 2.99. The minimum atomic E-state index is -2.75. The third-order valence-corrected chi connectivity index (χ3v) is 1.78. The molecule has 0 aliphatic heterocycles. The zero-order valence-electron chi connectivity index (χ0n) is 8.79. The van der Waals surface area contributed by atoms with Crippen LogP contribution < -0.4 is 10.5 Å². The molecular weight excluding hydrogens is 254 g/mol. The lowest BCUT2D eigenvalue weighted by molar-refractivity contribution is -0.385. The highest BCUT2D eigenvalue weighted by Gasteiger charge is 2.17. The number of nitrogens with two attached hydrogens (primary N) is 1. The second-order valence-electron chi connectivity index (χ2n) is 2.99. The summed E-state index contributed by atoms with van der Waals surface area (Å²) in [6.45, 7) is -0.962. The fourth-order valence-corrected chi connectivity index (χ4v) is 1.04. The number of ether oxygens (including phenoxy) is 1. The average molecular weight is 262 g/mol. The number of halogens is 2. The summed E-state index contributed by atoms with van der Waals surface area (Å²) in [6, 6.07) is 0.906. The summed E-state index contributed by atoms with van der Waals surface area (Å²) in [6.07, 6.45) is -1.93. The highest BCUT2D eigenvalue weighted by atomic mass is 19.3. The molecule has 1 aromatic rings. The summed E-state index contributed by atoms with van der Waals surface area (Å²) < 4.78 is 28.5. The van der Waals surface area contributed by atoms with Gasteiger partial charge in [0.05, 0.1) is 10.5 Å². The van der Waals surface area contributed by atoms with Gasteiger partial charge in [-0.25, -0.2) is 13.8 Å². The van der Waals surface area contributed by atoms with Crippen molar-refractivity contribution in [2.75, 3.05) is 6.61 Å². The maximum Gasteiger partial charge on any atom is 0.288 e. The smallest absolute Gasteiger partial charge is 0.288 e. The lowest BCUT2D eigenvalue weighted by Crippen LogP contribution is -2.17. The van der Waals surface area contributed by atoms with Crippen molar-refractivity contribution < 1.29 is 23.6 Å². The minimum absolute atomic E-state index is 0.243. The van der Waals surface area contributed by atoms with Gasteiger partial charge >= 0.3 is 0 Å². The van der Waals surface area contributed by atoms with Crippen molar-refractivity contribution in [1.82, 2.24) is 4.98 Å². The van der Waals surface area contributed by atoms with E-state index < -0.39 is 29.5 Å². The zero-order chi connectivity index (χ0) is 13.7. The molecule has 0 unspecified atom stereocenters. The molecule has 0 spiro atoms. The molecule has 3 N–H and O–H groups in total. The highest BCUT2D eigenvalue weighted by Crippen LogP contribution is 2.21. The van der Waals surface area contributed by atoms with E-state index in [9.17, 15) is 18.9 Å². The molecule has 0 saturated carbocycles. The first-order valence-corrected chi connectivity index (χ1v) is 4.49. The number of aromatic nitrogens is 1. The van der Waals surface area contributed by atoms with Gasteiger partial charge in [-0.2, -0.15) is 0 Å². The molecule has 1 heterocycles. The van der Waals surface area contributed by atoms with Crippen LogP contribution in [0.3, 0.4) is 0 Å². The van der Waals surface area contributed by atoms with E-state index in [2.05, 4.69) is 14.9 Å². The molecule has 0 aromatic carbocycles. The first-order chi connectivity index (χ1) is 8.45. The third-order valence-electron chi connectivity index (χ3n) is 1.78. The Kier molecular flexibility index (Phi) is 4.29. The molecule has 0 aliphatic carbocycles. The molecule has 0 saturated heterocycles. The van der Waals surface area contributed by atoms with E-state index in [1.165, 1.54) is 0 Å². The van der Waals surface area contributed by atoms with Gasteiger partial charge in [0.15, 0.2) is 12.4 Å². The van der Waals surface area contributed by atoms with Crippen LogP contribution in [0.4, 0.5) is 14.5 Å². The molecule has 0 amide bonds. The van der Waals surface area contributed by atoms with Crippen molar-refractivity contribution in [1.29, 1.82) is 0 Å². The van der Waals surface area contributed by atoms with Crippen LogP contribution in [0.5, 0.6) is 5.88 Å². The molecule has 18 heavy (non-hydrogen) atoms. The summed E-state index contributed by atoms with van der Waals surface area (Å²) in [4.78, 5) is 13.2. The Morgan fingerprint density at radius 1 is 1.72 bits per heavy atom. The lowest BCUT2D eigenvalue weighted by atomic mass is 10.2. The van der Waals surface area contributed by atoms with Crippen molar-refractivity contribution >= 4 is 11.5 Å². The molecule has 0 atom stereocenters. The number of nitro groups is 1. The van der Waals surface area contributed by atoms with Gasteiger partial charge in [0, 0.05) is 6.07 Å². The van der Waals surface area contributed by atoms with Gasteiger partial charge in [0.2, 0.25) is 5.88 Å². The Labute approximate surface area is 98.8 Å². The predicted octanol–water partition coefficient (Wildman–Crippen LogP) is 0.728. The van der Waals surface area contributed by atoms with Gasteiger partial charge in [0.1, 0.15) is 6.20 Å². The summed E-state index contributed by atoms with van der Waals surface area (Å²) in [5.41, 5.74) is 4.55. The van der Waals surface area contributed by atoms with Crippen LogP contribution in [0.25, 0.3) is 0 Å². The SMILES string of the molecule is N/C(=N/O)c1cc([N+](=O)[O-])cnc1OCC(F)F. The van der Waals surface area contributed by atoms with Crippen LogP contribution in [0, 0.1) is 10.1 Å². The Morgan fingerprint density at radius 2 is 2.39 bits per heavy atom. The van der Waals surface area contributed by atoms with Crippen LogP contribution in [-0.2, 0) is 0 Å². The molecule has 8 nitrogen and oxygen atoms in total. The number of nitrogens with zero attached hydrogens (tertiary/aromatic N) is 3. The molecule has 0 radical (unpaired) electrons. The van der Waals surface area contributed by atoms with Gasteiger partial charge in [-0.05, 0) is 0 Å². The van der Waals surface area contributed by atoms with Gasteiger partial charge < -0.3 is 15.7 Å². The number of hydrogen-bond acceptors (Lipinski definition) is 6. The number of alkyl halides is 2. The standard InChI is InChI=1S/C8H8F2N4O4/c9-6(10)3-18-8-5(7(11)13-15)1-4(2-12-8)14(16)17/h1-2,6,15H,3H2,(H2,11,13). The molecule has 0 bridgehead atoms. The lowest BCUT2D eigenvalue weighted by Gasteiger charge is -2.08. The largest absolute Gasteiger partial charge is 0.471 e. The zero-order valence-corrected chi connectivity index (χ0v) is 8.79. The topological polar surface area (TPSA) is 124 Å². The Hall–Kier alpha value is -2.52. The van der Waals surface area contributed by atoms with E-state index >= 15 is 0 Å². The maximum atomic E-state index is 12.0. The minimum Gasteiger partial charge on any atom is -0.471 e. The molecule has 10 heteroatoms. The number of oxime groups is 1. The van der Waals surface area contributed by atoms with E-state index in [1.54, 1.807) is 0 Å². The van der Waals surface area contributed by atoms with Crippen molar-refractivity contribution in [3.05, 3.63) is 27.9 Å². The van der Waals surface area contributed by atoms with Crippen LogP contribution in [0.2, 0.25) is 0 Å². The predicted molar refractivity (Wildman–Crippen MR) is 54.9 cm³/mol. The van der Waals surface area contributed by atoms with Crippen molar-refractivity contribution in [2.24, 2.45) is 10.9 Å². The summed E-state index contributed by atoms with van der Waals surface area (Å²) >= 11 is 0. The van der Waals surface area contributed by atoms with E-state index in [0.717, 1.165) is 12.3 Å². The average Bonchev–Trinajstić information content (AvgIpc) is 2.34. The van der Waals surface area contributed by atoms with Gasteiger partial charge in [-0.1, -0.05) is 5.16 Å². The van der Waals surface area contributed by atoms with E-state index in [0.29, 0.717) is 0 Å². The Balaban J connectivity index is 3.13. The first kappa shape index (κ1) is 13.5. The van der Waals surface area contributed by atoms with Crippen LogP contribution in [0.15, 0.2) is 17.4 Å². The molecule has 1 rings (SSSR count).